The van der Waals surface area contributed by atoms with Crippen LogP contribution in [-0.2, 0) is 0 Å². The maximum absolute atomic E-state index is 6.14. The van der Waals surface area contributed by atoms with Gasteiger partial charge in [-0.05, 0) is 52.6 Å². The van der Waals surface area contributed by atoms with Crippen LogP contribution in [0.5, 0.6) is 0 Å². The topological polar surface area (TPSA) is 25.2 Å². The van der Waals surface area contributed by atoms with E-state index in [1.165, 1.54) is 38.2 Å². The lowest BCUT2D eigenvalue weighted by atomic mass is 9.77. The van der Waals surface area contributed by atoms with Crippen LogP contribution in [0.15, 0.2) is 150 Å². The van der Waals surface area contributed by atoms with Gasteiger partial charge in [-0.3, -0.25) is 0 Å². The van der Waals surface area contributed by atoms with Gasteiger partial charge in [0, 0.05) is 27.5 Å². The standard InChI is InChI=1S/C39H29NO/c1-39(24-12-11-20-34(39)27-22-23-36-33(25-27)28-15-9-10-21-35(28)41-36)40-38-31-18-7-5-16-29(31)37(26-13-3-2-4-14-26)30-17-6-8-19-32(30)38/h2-25,34,40H,1H3. The van der Waals surface area contributed by atoms with Crippen molar-refractivity contribution in [2.75, 3.05) is 5.32 Å². The lowest BCUT2D eigenvalue weighted by Crippen LogP contribution is -2.39. The molecule has 196 valence electrons. The monoisotopic (exact) mass is 527 g/mol. The van der Waals surface area contributed by atoms with Crippen molar-refractivity contribution >= 4 is 49.2 Å². The molecule has 0 radical (unpaired) electrons. The molecule has 0 spiro atoms. The molecule has 0 saturated heterocycles. The molecular formula is C39H29NO. The van der Waals surface area contributed by atoms with Crippen molar-refractivity contribution in [3.63, 3.8) is 0 Å². The summed E-state index contributed by atoms with van der Waals surface area (Å²) in [4.78, 5) is 0. The van der Waals surface area contributed by atoms with E-state index in [0.29, 0.717) is 0 Å². The molecule has 8 rings (SSSR count). The summed E-state index contributed by atoms with van der Waals surface area (Å²) < 4.78 is 6.14. The van der Waals surface area contributed by atoms with Crippen LogP contribution < -0.4 is 5.32 Å². The summed E-state index contributed by atoms with van der Waals surface area (Å²) in [5, 5.41) is 11.4. The highest BCUT2D eigenvalue weighted by Gasteiger charge is 2.34. The van der Waals surface area contributed by atoms with Crippen molar-refractivity contribution in [1.29, 1.82) is 0 Å². The van der Waals surface area contributed by atoms with E-state index in [2.05, 4.69) is 146 Å². The van der Waals surface area contributed by atoms with Gasteiger partial charge in [-0.2, -0.15) is 0 Å². The lowest BCUT2D eigenvalue weighted by molar-refractivity contribution is 0.564. The molecule has 2 unspecified atom stereocenters. The molecule has 2 atom stereocenters. The average Bonchev–Trinajstić information content (AvgIpc) is 3.40. The first kappa shape index (κ1) is 23.8. The predicted octanol–water partition coefficient (Wildman–Crippen LogP) is 10.6. The van der Waals surface area contributed by atoms with Gasteiger partial charge in [0.2, 0.25) is 0 Å². The quantitative estimate of drug-likeness (QED) is 0.230. The third-order valence-corrected chi connectivity index (χ3v) is 8.65. The molecule has 1 aliphatic carbocycles. The Morgan fingerprint density at radius 2 is 1.20 bits per heavy atom. The van der Waals surface area contributed by atoms with E-state index >= 15 is 0 Å². The van der Waals surface area contributed by atoms with Crippen LogP contribution in [0.3, 0.4) is 0 Å². The lowest BCUT2D eigenvalue weighted by Gasteiger charge is -2.38. The summed E-state index contributed by atoms with van der Waals surface area (Å²) in [5.74, 6) is 0.122. The van der Waals surface area contributed by atoms with Gasteiger partial charge < -0.3 is 9.73 Å². The normalized spacial score (nSPS) is 18.5. The van der Waals surface area contributed by atoms with Crippen molar-refractivity contribution in [3.8, 4) is 11.1 Å². The van der Waals surface area contributed by atoms with Crippen LogP contribution in [-0.4, -0.2) is 5.54 Å². The van der Waals surface area contributed by atoms with E-state index < -0.39 is 0 Å². The average molecular weight is 528 g/mol. The van der Waals surface area contributed by atoms with Gasteiger partial charge >= 0.3 is 0 Å². The second kappa shape index (κ2) is 9.25. The minimum atomic E-state index is -0.359. The van der Waals surface area contributed by atoms with Gasteiger partial charge in [0.1, 0.15) is 11.2 Å². The molecule has 0 fully saturated rings. The maximum Gasteiger partial charge on any atom is 0.135 e. The number of rotatable bonds is 4. The SMILES string of the molecule is CC1(Nc2c3ccccc3c(-c3ccccc3)c3ccccc23)C=CC=CC1c1ccc2oc3ccccc3c2c1. The molecule has 0 aliphatic heterocycles. The number of fused-ring (bicyclic) bond motifs is 5. The van der Waals surface area contributed by atoms with Gasteiger partial charge in [0.05, 0.1) is 11.2 Å². The van der Waals surface area contributed by atoms with Crippen LogP contribution in [0.4, 0.5) is 5.69 Å². The predicted molar refractivity (Wildman–Crippen MR) is 174 cm³/mol. The molecule has 1 aromatic heterocycles. The summed E-state index contributed by atoms with van der Waals surface area (Å²) in [6.07, 6.45) is 8.96. The van der Waals surface area contributed by atoms with Gasteiger partial charge in [0.15, 0.2) is 0 Å². The molecule has 41 heavy (non-hydrogen) atoms. The van der Waals surface area contributed by atoms with Gasteiger partial charge in [0.25, 0.3) is 0 Å². The highest BCUT2D eigenvalue weighted by molar-refractivity contribution is 6.20. The van der Waals surface area contributed by atoms with Crippen molar-refractivity contribution in [3.05, 3.63) is 151 Å². The Labute approximate surface area is 239 Å². The molecule has 6 aromatic carbocycles. The Bertz CT molecular complexity index is 2090. The summed E-state index contributed by atoms with van der Waals surface area (Å²) >= 11 is 0. The van der Waals surface area contributed by atoms with Gasteiger partial charge in [-0.25, -0.2) is 0 Å². The highest BCUT2D eigenvalue weighted by Crippen LogP contribution is 2.45. The second-order valence-electron chi connectivity index (χ2n) is 11.2. The van der Waals surface area contributed by atoms with Crippen molar-refractivity contribution in [1.82, 2.24) is 0 Å². The molecular weight excluding hydrogens is 498 g/mol. The first-order valence-electron chi connectivity index (χ1n) is 14.2. The summed E-state index contributed by atoms with van der Waals surface area (Å²) in [6, 6.07) is 43.3. The largest absolute Gasteiger partial charge is 0.456 e. The van der Waals surface area contributed by atoms with E-state index in [1.54, 1.807) is 0 Å². The van der Waals surface area contributed by atoms with Gasteiger partial charge in [-0.1, -0.05) is 127 Å². The Hall–Kier alpha value is -5.08. The van der Waals surface area contributed by atoms with E-state index in [0.717, 1.165) is 27.6 Å². The smallest absolute Gasteiger partial charge is 0.135 e. The fourth-order valence-corrected chi connectivity index (χ4v) is 6.70. The van der Waals surface area contributed by atoms with Crippen LogP contribution in [0.2, 0.25) is 0 Å². The summed E-state index contributed by atoms with van der Waals surface area (Å²) in [5.41, 5.74) is 6.43. The first-order valence-corrected chi connectivity index (χ1v) is 14.2. The maximum atomic E-state index is 6.14. The molecule has 1 aliphatic rings. The minimum Gasteiger partial charge on any atom is -0.456 e. The Morgan fingerprint density at radius 3 is 1.93 bits per heavy atom. The fraction of sp³-hybridized carbons (Fsp3) is 0.0769. The zero-order valence-corrected chi connectivity index (χ0v) is 22.8. The Kier molecular flexibility index (Phi) is 5.36. The van der Waals surface area contributed by atoms with Crippen molar-refractivity contribution in [2.45, 2.75) is 18.4 Å². The van der Waals surface area contributed by atoms with Crippen LogP contribution in [0, 0.1) is 0 Å². The Balaban J connectivity index is 1.31. The second-order valence-corrected chi connectivity index (χ2v) is 11.2. The number of anilines is 1. The van der Waals surface area contributed by atoms with E-state index in [9.17, 15) is 0 Å². The Morgan fingerprint density at radius 1 is 0.585 bits per heavy atom. The first-order chi connectivity index (χ1) is 20.2. The van der Waals surface area contributed by atoms with E-state index in [-0.39, 0.29) is 11.5 Å². The molecule has 2 heteroatoms. The zero-order chi connectivity index (χ0) is 27.4. The minimum absolute atomic E-state index is 0.122. The third-order valence-electron chi connectivity index (χ3n) is 8.65. The van der Waals surface area contributed by atoms with Crippen LogP contribution >= 0.6 is 0 Å². The van der Waals surface area contributed by atoms with E-state index in [4.69, 9.17) is 4.42 Å². The highest BCUT2D eigenvalue weighted by atomic mass is 16.3. The van der Waals surface area contributed by atoms with Crippen LogP contribution in [0.25, 0.3) is 54.6 Å². The van der Waals surface area contributed by atoms with Gasteiger partial charge in [-0.15, -0.1) is 0 Å². The number of hydrogen-bond donors (Lipinski definition) is 1. The number of para-hydroxylation sites is 1. The molecule has 0 amide bonds. The number of allylic oxidation sites excluding steroid dienone is 2. The number of furan rings is 1. The fourth-order valence-electron chi connectivity index (χ4n) is 6.70. The number of hydrogen-bond acceptors (Lipinski definition) is 2. The molecule has 0 bridgehead atoms. The zero-order valence-electron chi connectivity index (χ0n) is 22.8. The third kappa shape index (κ3) is 3.79. The molecule has 1 N–H and O–H groups in total. The molecule has 2 nitrogen and oxygen atoms in total. The molecule has 1 heterocycles. The summed E-state index contributed by atoms with van der Waals surface area (Å²) in [7, 11) is 0. The number of benzene rings is 6. The molecule has 7 aromatic rings. The van der Waals surface area contributed by atoms with Crippen molar-refractivity contribution < 1.29 is 4.42 Å². The van der Waals surface area contributed by atoms with Crippen molar-refractivity contribution in [2.24, 2.45) is 0 Å². The summed E-state index contributed by atoms with van der Waals surface area (Å²) in [6.45, 7) is 2.31. The van der Waals surface area contributed by atoms with E-state index in [1.807, 2.05) is 12.1 Å². The number of nitrogens with one attached hydrogen (secondary N) is 1. The van der Waals surface area contributed by atoms with Crippen LogP contribution in [0.1, 0.15) is 18.4 Å². The molecule has 0 saturated carbocycles.